The molecule has 0 aliphatic carbocycles. The van der Waals surface area contributed by atoms with Crippen LogP contribution in [0.25, 0.3) is 10.6 Å². The van der Waals surface area contributed by atoms with E-state index in [4.69, 9.17) is 11.6 Å². The van der Waals surface area contributed by atoms with Gasteiger partial charge in [0.2, 0.25) is 4.47 Å². The monoisotopic (exact) mass is 240 g/mol. The second-order valence-electron chi connectivity index (χ2n) is 3.06. The number of rotatable bonds is 2. The standard InChI is InChI=1S/C9H9ClN4S/c1-3-7-6(4-5(2)11-12-7)8-13-14-9(10)15-8/h4H,3H2,1-2H3. The highest BCUT2D eigenvalue weighted by atomic mass is 35.5. The number of nitrogens with zero attached hydrogens (tertiary/aromatic N) is 4. The Balaban J connectivity index is 2.55. The van der Waals surface area contributed by atoms with E-state index in [1.807, 2.05) is 19.9 Å². The Morgan fingerprint density at radius 3 is 2.67 bits per heavy atom. The molecule has 0 unspecified atom stereocenters. The van der Waals surface area contributed by atoms with Crippen LogP contribution in [0.1, 0.15) is 18.3 Å². The Bertz CT molecular complexity index is 483. The largest absolute Gasteiger partial charge is 0.207 e. The van der Waals surface area contributed by atoms with Gasteiger partial charge >= 0.3 is 0 Å². The smallest absolute Gasteiger partial charge is 0.156 e. The van der Waals surface area contributed by atoms with Crippen LogP contribution in [-0.2, 0) is 6.42 Å². The van der Waals surface area contributed by atoms with Gasteiger partial charge < -0.3 is 0 Å². The minimum absolute atomic E-state index is 0.446. The molecule has 0 aliphatic rings. The van der Waals surface area contributed by atoms with E-state index in [2.05, 4.69) is 20.4 Å². The van der Waals surface area contributed by atoms with E-state index >= 15 is 0 Å². The Morgan fingerprint density at radius 1 is 1.27 bits per heavy atom. The molecule has 4 nitrogen and oxygen atoms in total. The van der Waals surface area contributed by atoms with Crippen LogP contribution >= 0.6 is 22.9 Å². The fraction of sp³-hybridized carbons (Fsp3) is 0.333. The summed E-state index contributed by atoms with van der Waals surface area (Å²) in [4.78, 5) is 0. The molecular formula is C9H9ClN4S. The first-order valence-corrected chi connectivity index (χ1v) is 5.72. The minimum atomic E-state index is 0.446. The molecule has 0 saturated heterocycles. The van der Waals surface area contributed by atoms with E-state index in [9.17, 15) is 0 Å². The lowest BCUT2D eigenvalue weighted by atomic mass is 10.1. The summed E-state index contributed by atoms with van der Waals surface area (Å²) >= 11 is 7.11. The summed E-state index contributed by atoms with van der Waals surface area (Å²) in [5.74, 6) is 0. The molecule has 2 aromatic heterocycles. The van der Waals surface area contributed by atoms with Crippen molar-refractivity contribution in [2.45, 2.75) is 20.3 Å². The Labute approximate surface area is 96.3 Å². The van der Waals surface area contributed by atoms with Crippen LogP contribution in [0.4, 0.5) is 0 Å². The molecular weight excluding hydrogens is 232 g/mol. The first-order chi connectivity index (χ1) is 7.20. The van der Waals surface area contributed by atoms with E-state index < -0.39 is 0 Å². The molecule has 0 aliphatic heterocycles. The van der Waals surface area contributed by atoms with Gasteiger partial charge in [-0.3, -0.25) is 0 Å². The molecule has 0 aromatic carbocycles. The average molecular weight is 241 g/mol. The fourth-order valence-electron chi connectivity index (χ4n) is 1.27. The topological polar surface area (TPSA) is 51.6 Å². The number of aromatic nitrogens is 4. The quantitative estimate of drug-likeness (QED) is 0.810. The number of aryl methyl sites for hydroxylation is 2. The maximum atomic E-state index is 5.75. The fourth-order valence-corrected chi connectivity index (χ4v) is 2.14. The second kappa shape index (κ2) is 4.20. The van der Waals surface area contributed by atoms with Crippen molar-refractivity contribution < 1.29 is 0 Å². The summed E-state index contributed by atoms with van der Waals surface area (Å²) in [6, 6.07) is 1.96. The van der Waals surface area contributed by atoms with Crippen molar-refractivity contribution in [1.29, 1.82) is 0 Å². The highest BCUT2D eigenvalue weighted by Gasteiger charge is 2.11. The van der Waals surface area contributed by atoms with Crippen molar-refractivity contribution in [3.63, 3.8) is 0 Å². The Kier molecular flexibility index (Phi) is 2.93. The zero-order valence-corrected chi connectivity index (χ0v) is 9.93. The van der Waals surface area contributed by atoms with Gasteiger partial charge in [0.25, 0.3) is 0 Å². The van der Waals surface area contributed by atoms with Crippen molar-refractivity contribution in [2.24, 2.45) is 0 Å². The van der Waals surface area contributed by atoms with E-state index in [1.165, 1.54) is 11.3 Å². The maximum absolute atomic E-state index is 5.75. The molecule has 0 saturated carbocycles. The van der Waals surface area contributed by atoms with Crippen molar-refractivity contribution in [3.05, 3.63) is 21.9 Å². The molecule has 78 valence electrons. The van der Waals surface area contributed by atoms with Gasteiger partial charge in [0.1, 0.15) is 0 Å². The molecule has 0 radical (unpaired) electrons. The molecule has 0 bridgehead atoms. The molecule has 0 spiro atoms. The first kappa shape index (κ1) is 10.4. The summed E-state index contributed by atoms with van der Waals surface area (Å²) in [6.07, 6.45) is 0.819. The van der Waals surface area contributed by atoms with Gasteiger partial charge in [0.05, 0.1) is 11.4 Å². The molecule has 2 aromatic rings. The van der Waals surface area contributed by atoms with Crippen molar-refractivity contribution in [1.82, 2.24) is 20.4 Å². The lowest BCUT2D eigenvalue weighted by Crippen LogP contribution is -1.97. The van der Waals surface area contributed by atoms with Crippen LogP contribution in [0.15, 0.2) is 6.07 Å². The van der Waals surface area contributed by atoms with Gasteiger partial charge in [-0.2, -0.15) is 10.2 Å². The molecule has 2 rings (SSSR count). The van der Waals surface area contributed by atoms with Gasteiger partial charge in [0, 0.05) is 5.56 Å². The molecule has 6 heteroatoms. The lowest BCUT2D eigenvalue weighted by molar-refractivity contribution is 0.894. The predicted octanol–water partition coefficient (Wildman–Crippen LogP) is 2.52. The van der Waals surface area contributed by atoms with Gasteiger partial charge in [-0.1, -0.05) is 18.3 Å². The number of hydrogen-bond donors (Lipinski definition) is 0. The summed E-state index contributed by atoms with van der Waals surface area (Å²) in [7, 11) is 0. The van der Waals surface area contributed by atoms with E-state index in [-0.39, 0.29) is 0 Å². The maximum Gasteiger partial charge on any atom is 0.207 e. The normalized spacial score (nSPS) is 10.6. The number of hydrogen-bond acceptors (Lipinski definition) is 5. The molecule has 0 amide bonds. The minimum Gasteiger partial charge on any atom is -0.156 e. The van der Waals surface area contributed by atoms with E-state index in [0.29, 0.717) is 4.47 Å². The summed E-state index contributed by atoms with van der Waals surface area (Å²) < 4.78 is 0.446. The van der Waals surface area contributed by atoms with Crippen LogP contribution in [0, 0.1) is 6.92 Å². The van der Waals surface area contributed by atoms with Crippen LogP contribution in [0.3, 0.4) is 0 Å². The highest BCUT2D eigenvalue weighted by Crippen LogP contribution is 2.28. The zero-order chi connectivity index (χ0) is 10.8. The van der Waals surface area contributed by atoms with Crippen LogP contribution in [0.2, 0.25) is 4.47 Å². The summed E-state index contributed by atoms with van der Waals surface area (Å²) in [6.45, 7) is 3.93. The first-order valence-electron chi connectivity index (χ1n) is 4.53. The summed E-state index contributed by atoms with van der Waals surface area (Å²) in [5.41, 5.74) is 2.77. The van der Waals surface area contributed by atoms with Gasteiger partial charge in [-0.05, 0) is 31.0 Å². The lowest BCUT2D eigenvalue weighted by Gasteiger charge is -2.02. The average Bonchev–Trinajstić information content (AvgIpc) is 2.65. The van der Waals surface area contributed by atoms with Gasteiger partial charge in [-0.15, -0.1) is 10.2 Å². The van der Waals surface area contributed by atoms with E-state index in [0.717, 1.165) is 28.4 Å². The number of halogens is 1. The molecule has 15 heavy (non-hydrogen) atoms. The van der Waals surface area contributed by atoms with Crippen molar-refractivity contribution in [2.75, 3.05) is 0 Å². The highest BCUT2D eigenvalue weighted by molar-refractivity contribution is 7.18. The van der Waals surface area contributed by atoms with E-state index in [1.54, 1.807) is 0 Å². The van der Waals surface area contributed by atoms with Gasteiger partial charge in [-0.25, -0.2) is 0 Å². The Hall–Kier alpha value is -1.07. The third-order valence-electron chi connectivity index (χ3n) is 1.96. The van der Waals surface area contributed by atoms with Crippen molar-refractivity contribution in [3.8, 4) is 10.6 Å². The van der Waals surface area contributed by atoms with Crippen LogP contribution in [-0.4, -0.2) is 20.4 Å². The molecule has 2 heterocycles. The van der Waals surface area contributed by atoms with Crippen LogP contribution < -0.4 is 0 Å². The van der Waals surface area contributed by atoms with Gasteiger partial charge in [0.15, 0.2) is 5.01 Å². The second-order valence-corrected chi connectivity index (χ2v) is 4.62. The molecule has 0 atom stereocenters. The summed E-state index contributed by atoms with van der Waals surface area (Å²) in [5, 5.41) is 16.7. The molecule has 0 fully saturated rings. The molecule has 0 N–H and O–H groups in total. The van der Waals surface area contributed by atoms with Crippen molar-refractivity contribution >= 4 is 22.9 Å². The zero-order valence-electron chi connectivity index (χ0n) is 8.36. The SMILES string of the molecule is CCc1nnc(C)cc1-c1nnc(Cl)s1. The predicted molar refractivity (Wildman–Crippen MR) is 60.1 cm³/mol. The third kappa shape index (κ3) is 2.13. The Morgan fingerprint density at radius 2 is 2.07 bits per heavy atom. The third-order valence-corrected chi connectivity index (χ3v) is 3.01. The van der Waals surface area contributed by atoms with Crippen LogP contribution in [0.5, 0.6) is 0 Å².